The Hall–Kier alpha value is -0.480. The topological polar surface area (TPSA) is 25.8 Å². The average Bonchev–Trinajstić information content (AvgIpc) is 2.09. The number of hydrogen-bond acceptors (Lipinski definition) is 2. The van der Waals surface area contributed by atoms with Crippen LogP contribution in [0.2, 0.25) is 0 Å². The molecule has 2 nitrogen and oxygen atoms in total. The van der Waals surface area contributed by atoms with Gasteiger partial charge in [0, 0.05) is 4.47 Å². The minimum absolute atomic E-state index is 0.804. The van der Waals surface area contributed by atoms with Crippen molar-refractivity contribution < 1.29 is 0 Å². The average molecular weight is 302 g/mol. The summed E-state index contributed by atoms with van der Waals surface area (Å²) in [7, 11) is 0. The molecule has 0 saturated carbocycles. The van der Waals surface area contributed by atoms with Crippen LogP contribution >= 0.6 is 31.9 Å². The molecular weight excluding hydrogens is 296 g/mol. The molecule has 0 amide bonds. The third kappa shape index (κ3) is 1.60. The Morgan fingerprint density at radius 3 is 2.69 bits per heavy atom. The van der Waals surface area contributed by atoms with Crippen LogP contribution in [0, 0.1) is 6.92 Å². The van der Waals surface area contributed by atoms with Gasteiger partial charge in [-0.15, -0.1) is 0 Å². The lowest BCUT2D eigenvalue weighted by molar-refractivity contribution is 1.14. The van der Waals surface area contributed by atoms with Crippen LogP contribution in [-0.4, -0.2) is 9.97 Å². The van der Waals surface area contributed by atoms with Crippen molar-refractivity contribution in [3.63, 3.8) is 0 Å². The molecule has 1 aromatic heterocycles. The monoisotopic (exact) mass is 300 g/mol. The van der Waals surface area contributed by atoms with Crippen molar-refractivity contribution in [3.8, 4) is 0 Å². The van der Waals surface area contributed by atoms with Crippen molar-refractivity contribution in [1.82, 2.24) is 9.97 Å². The summed E-state index contributed by atoms with van der Waals surface area (Å²) in [6.07, 6.45) is 0. The van der Waals surface area contributed by atoms with Gasteiger partial charge in [-0.2, -0.15) is 0 Å². The molecule has 66 valence electrons. The van der Waals surface area contributed by atoms with Gasteiger partial charge in [0.25, 0.3) is 0 Å². The van der Waals surface area contributed by atoms with Crippen LogP contribution in [0.15, 0.2) is 27.3 Å². The molecule has 0 aliphatic heterocycles. The van der Waals surface area contributed by atoms with E-state index in [0.29, 0.717) is 0 Å². The zero-order valence-corrected chi connectivity index (χ0v) is 10.1. The summed E-state index contributed by atoms with van der Waals surface area (Å²) in [6.45, 7) is 1.93. The van der Waals surface area contributed by atoms with Gasteiger partial charge < -0.3 is 0 Å². The molecule has 2 aromatic rings. The number of aromatic nitrogens is 2. The molecule has 0 spiro atoms. The zero-order valence-electron chi connectivity index (χ0n) is 6.88. The fourth-order valence-corrected chi connectivity index (χ4v) is 1.83. The summed E-state index contributed by atoms with van der Waals surface area (Å²) in [5.41, 5.74) is 2.70. The molecule has 0 atom stereocenters. The van der Waals surface area contributed by atoms with Crippen LogP contribution in [0.4, 0.5) is 0 Å². The summed E-state index contributed by atoms with van der Waals surface area (Å²) >= 11 is 6.79. The highest BCUT2D eigenvalue weighted by Crippen LogP contribution is 2.23. The van der Waals surface area contributed by atoms with E-state index >= 15 is 0 Å². The fourth-order valence-electron chi connectivity index (χ4n) is 1.11. The summed E-state index contributed by atoms with van der Waals surface area (Å²) in [5.74, 6) is 0. The third-order valence-corrected chi connectivity index (χ3v) is 3.15. The molecule has 0 fully saturated rings. The van der Waals surface area contributed by atoms with E-state index in [4.69, 9.17) is 0 Å². The van der Waals surface area contributed by atoms with Crippen molar-refractivity contribution >= 4 is 42.9 Å². The first-order valence-electron chi connectivity index (χ1n) is 3.77. The Morgan fingerprint density at radius 1 is 1.15 bits per heavy atom. The van der Waals surface area contributed by atoms with Gasteiger partial charge in [0.2, 0.25) is 0 Å². The van der Waals surface area contributed by atoms with Crippen LogP contribution in [0.25, 0.3) is 11.0 Å². The van der Waals surface area contributed by atoms with E-state index in [9.17, 15) is 0 Å². The molecule has 13 heavy (non-hydrogen) atoms. The highest BCUT2D eigenvalue weighted by Gasteiger charge is 2.04. The zero-order chi connectivity index (χ0) is 9.42. The van der Waals surface area contributed by atoms with Crippen molar-refractivity contribution in [1.29, 1.82) is 0 Å². The second kappa shape index (κ2) is 3.35. The molecule has 0 aliphatic rings. The Morgan fingerprint density at radius 2 is 1.92 bits per heavy atom. The second-order valence-corrected chi connectivity index (χ2v) is 4.31. The van der Waals surface area contributed by atoms with Crippen LogP contribution < -0.4 is 0 Å². The fraction of sp³-hybridized carbons (Fsp3) is 0.111. The molecule has 2 rings (SSSR count). The summed E-state index contributed by atoms with van der Waals surface area (Å²) in [6, 6.07) is 5.85. The van der Waals surface area contributed by atoms with Crippen LogP contribution in [0.1, 0.15) is 5.69 Å². The molecule has 1 aromatic carbocycles. The Labute approximate surface area is 92.7 Å². The molecule has 0 aliphatic carbocycles. The highest BCUT2D eigenvalue weighted by molar-refractivity contribution is 9.11. The number of aryl methyl sites for hydroxylation is 1. The minimum atomic E-state index is 0.804. The lowest BCUT2D eigenvalue weighted by Crippen LogP contribution is -1.90. The molecular formula is C9H6Br2N2. The summed E-state index contributed by atoms with van der Waals surface area (Å²) in [4.78, 5) is 8.78. The molecule has 0 radical (unpaired) electrons. The van der Waals surface area contributed by atoms with Gasteiger partial charge >= 0.3 is 0 Å². The van der Waals surface area contributed by atoms with Gasteiger partial charge in [-0.05, 0) is 50.9 Å². The molecule has 0 bridgehead atoms. The maximum atomic E-state index is 4.42. The van der Waals surface area contributed by atoms with Crippen molar-refractivity contribution in [2.24, 2.45) is 0 Å². The Bertz CT molecular complexity index is 468. The lowest BCUT2D eigenvalue weighted by atomic mass is 10.3. The van der Waals surface area contributed by atoms with Crippen molar-refractivity contribution in [2.45, 2.75) is 6.92 Å². The number of halogens is 2. The smallest absolute Gasteiger partial charge is 0.128 e. The van der Waals surface area contributed by atoms with Crippen LogP contribution in [-0.2, 0) is 0 Å². The second-order valence-electron chi connectivity index (χ2n) is 2.71. The lowest BCUT2D eigenvalue weighted by Gasteiger charge is -2.01. The van der Waals surface area contributed by atoms with Crippen molar-refractivity contribution in [3.05, 3.63) is 33.0 Å². The van der Waals surface area contributed by atoms with Gasteiger partial charge in [-0.1, -0.05) is 6.07 Å². The first kappa shape index (κ1) is 9.09. The van der Waals surface area contributed by atoms with E-state index in [1.54, 1.807) is 0 Å². The van der Waals surface area contributed by atoms with Gasteiger partial charge in [0.1, 0.15) is 10.1 Å². The van der Waals surface area contributed by atoms with Gasteiger partial charge in [0.05, 0.1) is 11.2 Å². The Balaban J connectivity index is 2.89. The van der Waals surface area contributed by atoms with Gasteiger partial charge in [-0.25, -0.2) is 9.97 Å². The molecule has 0 saturated heterocycles. The van der Waals surface area contributed by atoms with E-state index in [-0.39, 0.29) is 0 Å². The molecule has 4 heteroatoms. The normalized spacial score (nSPS) is 10.7. The number of benzene rings is 1. The van der Waals surface area contributed by atoms with Crippen molar-refractivity contribution in [2.75, 3.05) is 0 Å². The molecule has 0 N–H and O–H groups in total. The summed E-state index contributed by atoms with van der Waals surface area (Å²) < 4.78 is 1.78. The quantitative estimate of drug-likeness (QED) is 0.745. The maximum Gasteiger partial charge on any atom is 0.128 e. The third-order valence-electron chi connectivity index (χ3n) is 1.76. The number of fused-ring (bicyclic) bond motifs is 1. The minimum Gasteiger partial charge on any atom is -0.247 e. The number of nitrogens with zero attached hydrogens (tertiary/aromatic N) is 2. The van der Waals surface area contributed by atoms with E-state index in [0.717, 1.165) is 25.8 Å². The SMILES string of the molecule is Cc1nc2c(Br)cccc2nc1Br. The standard InChI is InChI=1S/C9H6Br2N2/c1-5-9(11)13-7-4-2-3-6(10)8(7)12-5/h2-4H,1H3. The number of rotatable bonds is 0. The molecule has 0 unspecified atom stereocenters. The van der Waals surface area contributed by atoms with Crippen LogP contribution in [0.5, 0.6) is 0 Å². The van der Waals surface area contributed by atoms with E-state index in [1.807, 2.05) is 25.1 Å². The predicted molar refractivity (Wildman–Crippen MR) is 59.7 cm³/mol. The first-order chi connectivity index (χ1) is 6.18. The Kier molecular flexibility index (Phi) is 2.34. The van der Waals surface area contributed by atoms with E-state index in [1.165, 1.54) is 0 Å². The van der Waals surface area contributed by atoms with Crippen LogP contribution in [0.3, 0.4) is 0 Å². The summed E-state index contributed by atoms with van der Waals surface area (Å²) in [5, 5.41) is 0. The maximum absolute atomic E-state index is 4.42. The largest absolute Gasteiger partial charge is 0.247 e. The predicted octanol–water partition coefficient (Wildman–Crippen LogP) is 3.46. The van der Waals surface area contributed by atoms with Gasteiger partial charge in [-0.3, -0.25) is 0 Å². The number of para-hydroxylation sites is 1. The first-order valence-corrected chi connectivity index (χ1v) is 5.35. The highest BCUT2D eigenvalue weighted by atomic mass is 79.9. The van der Waals surface area contributed by atoms with Gasteiger partial charge in [0.15, 0.2) is 0 Å². The van der Waals surface area contributed by atoms with E-state index < -0.39 is 0 Å². The number of hydrogen-bond donors (Lipinski definition) is 0. The molecule has 1 heterocycles. The van der Waals surface area contributed by atoms with E-state index in [2.05, 4.69) is 41.8 Å².